The molecule has 0 fully saturated rings. The highest BCUT2D eigenvalue weighted by Crippen LogP contribution is 2.34. The van der Waals surface area contributed by atoms with Crippen LogP contribution in [-0.2, 0) is 30.4 Å². The van der Waals surface area contributed by atoms with E-state index in [1.54, 1.807) is 31.4 Å². The van der Waals surface area contributed by atoms with E-state index in [4.69, 9.17) is 0 Å². The molecule has 4 rings (SSSR count). The van der Waals surface area contributed by atoms with Crippen LogP contribution in [0.1, 0.15) is 36.8 Å². The van der Waals surface area contributed by atoms with Crippen molar-refractivity contribution in [1.29, 1.82) is 0 Å². The number of pyridine rings is 1. The molecule has 0 spiro atoms. The average Bonchev–Trinajstić information content (AvgIpc) is 3.16. The van der Waals surface area contributed by atoms with E-state index in [1.807, 2.05) is 6.07 Å². The van der Waals surface area contributed by atoms with Crippen molar-refractivity contribution in [2.75, 3.05) is 37.8 Å². The molecule has 3 heterocycles. The molecule has 1 aliphatic rings. The molecule has 0 atom stereocenters. The number of thiophene rings is 1. The predicted octanol–water partition coefficient (Wildman–Crippen LogP) is 4.15. The topological polar surface area (TPSA) is 86.4 Å². The average molecular weight is 518 g/mol. The fourth-order valence-electron chi connectivity index (χ4n) is 4.07. The van der Waals surface area contributed by atoms with Crippen LogP contribution in [-0.4, -0.2) is 48.9 Å². The Morgan fingerprint density at radius 3 is 2.69 bits per heavy atom. The number of carbonyl (C=O) groups excluding carboxylic acids is 2. The fraction of sp³-hybridized carbons (Fsp3) is 0.320. The summed E-state index contributed by atoms with van der Waals surface area (Å²) in [6.07, 6.45) is -0.225. The van der Waals surface area contributed by atoms with Gasteiger partial charge in [-0.15, -0.1) is 11.3 Å². The fourth-order valence-corrected chi connectivity index (χ4v) is 5.43. The second kappa shape index (κ2) is 10.8. The second-order valence-electron chi connectivity index (χ2n) is 8.81. The van der Waals surface area contributed by atoms with Crippen LogP contribution in [0.3, 0.4) is 0 Å². The van der Waals surface area contributed by atoms with Gasteiger partial charge < -0.3 is 20.9 Å². The number of hydrogen-bond acceptors (Lipinski definition) is 6. The molecule has 0 saturated heterocycles. The van der Waals surface area contributed by atoms with Crippen LogP contribution in [0.15, 0.2) is 42.7 Å². The van der Waals surface area contributed by atoms with Crippen molar-refractivity contribution in [2.24, 2.45) is 0 Å². The smallest absolute Gasteiger partial charge is 0.324 e. The van der Waals surface area contributed by atoms with Crippen molar-refractivity contribution in [3.63, 3.8) is 0 Å². The third-order valence-electron chi connectivity index (χ3n) is 5.58. The van der Waals surface area contributed by atoms with E-state index in [0.717, 1.165) is 33.0 Å². The summed E-state index contributed by atoms with van der Waals surface area (Å²) in [7, 11) is 3.60. The molecule has 1 aromatic carbocycles. The van der Waals surface area contributed by atoms with Gasteiger partial charge in [-0.2, -0.15) is 13.2 Å². The third-order valence-corrected chi connectivity index (χ3v) is 6.81. The maximum atomic E-state index is 13.4. The monoisotopic (exact) mass is 517 g/mol. The van der Waals surface area contributed by atoms with Gasteiger partial charge in [-0.1, -0.05) is 6.07 Å². The Bertz CT molecular complexity index is 1270. The first-order valence-corrected chi connectivity index (χ1v) is 12.1. The normalized spacial score (nSPS) is 13.4. The Morgan fingerprint density at radius 1 is 1.14 bits per heavy atom. The Labute approximate surface area is 210 Å². The number of amides is 2. The summed E-state index contributed by atoms with van der Waals surface area (Å²) in [6.45, 7) is 1.57. The summed E-state index contributed by atoms with van der Waals surface area (Å²) >= 11 is 1.51. The van der Waals surface area contributed by atoms with Crippen LogP contribution in [0, 0.1) is 0 Å². The van der Waals surface area contributed by atoms with Gasteiger partial charge in [0.05, 0.1) is 29.6 Å². The summed E-state index contributed by atoms with van der Waals surface area (Å²) < 4.78 is 39.4. The molecule has 2 amide bonds. The molecule has 0 unspecified atom stereocenters. The molecule has 0 saturated carbocycles. The first kappa shape index (κ1) is 25.8. The number of benzene rings is 1. The first-order valence-electron chi connectivity index (χ1n) is 11.3. The van der Waals surface area contributed by atoms with Gasteiger partial charge in [0.1, 0.15) is 0 Å². The standard InChI is InChI=1S/C25H26F3N5O2S/c1-33(2)14-22(34)31-18-8-15(11-30-12-18)9-20-23(19-6-7-29-13-21(19)36-20)24(35)32-17-5-3-4-16(10-17)25(26,27)28/h3-5,8,10-12,29H,6-7,9,13-14H2,1-2H3,(H,31,34)(H,32,35). The minimum Gasteiger partial charge on any atom is -0.324 e. The minimum absolute atomic E-state index is 0.0851. The van der Waals surface area contributed by atoms with Gasteiger partial charge in [-0.3, -0.25) is 14.6 Å². The summed E-state index contributed by atoms with van der Waals surface area (Å²) in [5.74, 6) is -0.607. The molecule has 7 nitrogen and oxygen atoms in total. The van der Waals surface area contributed by atoms with E-state index in [0.29, 0.717) is 37.2 Å². The van der Waals surface area contributed by atoms with Gasteiger partial charge in [-0.25, -0.2) is 0 Å². The lowest BCUT2D eigenvalue weighted by Gasteiger charge is -2.15. The van der Waals surface area contributed by atoms with Crippen LogP contribution in [0.2, 0.25) is 0 Å². The number of likely N-dealkylation sites (N-methyl/N-ethyl adjacent to an activating group) is 1. The highest BCUT2D eigenvalue weighted by molar-refractivity contribution is 7.12. The van der Waals surface area contributed by atoms with Crippen LogP contribution in [0.25, 0.3) is 0 Å². The van der Waals surface area contributed by atoms with Crippen molar-refractivity contribution in [3.05, 3.63) is 74.7 Å². The van der Waals surface area contributed by atoms with Crippen molar-refractivity contribution < 1.29 is 22.8 Å². The van der Waals surface area contributed by atoms with E-state index in [1.165, 1.54) is 23.5 Å². The number of hydrogen-bond donors (Lipinski definition) is 3. The highest BCUT2D eigenvalue weighted by Gasteiger charge is 2.31. The summed E-state index contributed by atoms with van der Waals surface area (Å²) in [4.78, 5) is 33.3. The van der Waals surface area contributed by atoms with Crippen molar-refractivity contribution >= 4 is 34.5 Å². The molecule has 36 heavy (non-hydrogen) atoms. The number of rotatable bonds is 7. The second-order valence-corrected chi connectivity index (χ2v) is 10.00. The Kier molecular flexibility index (Phi) is 7.72. The minimum atomic E-state index is -4.50. The van der Waals surface area contributed by atoms with Crippen LogP contribution < -0.4 is 16.0 Å². The number of aromatic nitrogens is 1. The number of nitrogens with zero attached hydrogens (tertiary/aromatic N) is 2. The molecule has 11 heteroatoms. The molecular formula is C25H26F3N5O2S. The van der Waals surface area contributed by atoms with Crippen LogP contribution in [0.5, 0.6) is 0 Å². The van der Waals surface area contributed by atoms with Gasteiger partial charge >= 0.3 is 6.18 Å². The van der Waals surface area contributed by atoms with Gasteiger partial charge in [0.15, 0.2) is 0 Å². The first-order chi connectivity index (χ1) is 17.1. The number of anilines is 2. The maximum absolute atomic E-state index is 13.4. The summed E-state index contributed by atoms with van der Waals surface area (Å²) in [5, 5.41) is 8.77. The Hall–Kier alpha value is -3.28. The Balaban J connectivity index is 1.60. The number of alkyl halides is 3. The van der Waals surface area contributed by atoms with Gasteiger partial charge in [-0.05, 0) is 62.5 Å². The lowest BCUT2D eigenvalue weighted by molar-refractivity contribution is -0.137. The van der Waals surface area contributed by atoms with E-state index < -0.39 is 17.6 Å². The third kappa shape index (κ3) is 6.28. The maximum Gasteiger partial charge on any atom is 0.416 e. The molecule has 1 aliphatic heterocycles. The SMILES string of the molecule is CN(C)CC(=O)Nc1cncc(Cc2sc3c(c2C(=O)Nc2cccc(C(F)(F)F)c2)CCNC3)c1. The number of fused-ring (bicyclic) bond motifs is 1. The van der Waals surface area contributed by atoms with E-state index in [2.05, 4.69) is 20.9 Å². The van der Waals surface area contributed by atoms with E-state index in [9.17, 15) is 22.8 Å². The van der Waals surface area contributed by atoms with Crippen molar-refractivity contribution in [1.82, 2.24) is 15.2 Å². The molecular weight excluding hydrogens is 491 g/mol. The number of carbonyl (C=O) groups is 2. The largest absolute Gasteiger partial charge is 0.416 e. The lowest BCUT2D eigenvalue weighted by atomic mass is 9.99. The molecule has 3 aromatic rings. The summed E-state index contributed by atoms with van der Waals surface area (Å²) in [6, 6.07) is 6.43. The van der Waals surface area contributed by atoms with E-state index >= 15 is 0 Å². The molecule has 0 aliphatic carbocycles. The van der Waals surface area contributed by atoms with Crippen LogP contribution >= 0.6 is 11.3 Å². The van der Waals surface area contributed by atoms with Gasteiger partial charge in [0, 0.05) is 34.6 Å². The van der Waals surface area contributed by atoms with Crippen molar-refractivity contribution in [2.45, 2.75) is 25.6 Å². The molecule has 2 aromatic heterocycles. The van der Waals surface area contributed by atoms with Crippen molar-refractivity contribution in [3.8, 4) is 0 Å². The molecule has 190 valence electrons. The zero-order valence-corrected chi connectivity index (χ0v) is 20.6. The highest BCUT2D eigenvalue weighted by atomic mass is 32.1. The van der Waals surface area contributed by atoms with Crippen LogP contribution in [0.4, 0.5) is 24.5 Å². The van der Waals surface area contributed by atoms with E-state index in [-0.39, 0.29) is 18.1 Å². The molecule has 3 N–H and O–H groups in total. The lowest BCUT2D eigenvalue weighted by Crippen LogP contribution is -2.27. The quantitative estimate of drug-likeness (QED) is 0.439. The summed E-state index contributed by atoms with van der Waals surface area (Å²) in [5.41, 5.74) is 2.03. The van der Waals surface area contributed by atoms with Gasteiger partial charge in [0.2, 0.25) is 5.91 Å². The zero-order valence-electron chi connectivity index (χ0n) is 19.8. The zero-order chi connectivity index (χ0) is 25.9. The molecule has 0 radical (unpaired) electrons. The number of nitrogens with one attached hydrogen (secondary N) is 3. The number of halogens is 3. The predicted molar refractivity (Wildman–Crippen MR) is 133 cm³/mol. The molecule has 0 bridgehead atoms. The Morgan fingerprint density at radius 2 is 1.94 bits per heavy atom. The van der Waals surface area contributed by atoms with Gasteiger partial charge in [0.25, 0.3) is 5.91 Å².